The van der Waals surface area contributed by atoms with Gasteiger partial charge in [0.1, 0.15) is 5.82 Å². The Kier molecular flexibility index (Phi) is 3.80. The first-order valence-corrected chi connectivity index (χ1v) is 8.47. The number of nitrogens with two attached hydrogens (primary N) is 1. The number of nitrogens with zero attached hydrogens (tertiary/aromatic N) is 5. The van der Waals surface area contributed by atoms with Gasteiger partial charge in [0.15, 0.2) is 17.0 Å². The van der Waals surface area contributed by atoms with E-state index >= 15 is 0 Å². The first kappa shape index (κ1) is 15.8. The van der Waals surface area contributed by atoms with Gasteiger partial charge in [-0.3, -0.25) is 0 Å². The van der Waals surface area contributed by atoms with Crippen molar-refractivity contribution in [3.8, 4) is 17.4 Å². The Morgan fingerprint density at radius 1 is 1.24 bits per heavy atom. The molecular weight excluding hydrogens is 316 g/mol. The van der Waals surface area contributed by atoms with Crippen LogP contribution in [0.25, 0.3) is 22.6 Å². The number of nitrogen functional groups attached to an aromatic ring is 1. The van der Waals surface area contributed by atoms with Crippen LogP contribution in [-0.4, -0.2) is 51.7 Å². The van der Waals surface area contributed by atoms with E-state index in [4.69, 9.17) is 15.5 Å². The van der Waals surface area contributed by atoms with Crippen molar-refractivity contribution in [1.82, 2.24) is 24.4 Å². The molecule has 7 heteroatoms. The fourth-order valence-electron chi connectivity index (χ4n) is 3.45. The molecule has 2 aromatic heterocycles. The molecule has 7 nitrogen and oxygen atoms in total. The normalized spacial score (nSPS) is 15.5. The number of imidazole rings is 1. The highest BCUT2D eigenvalue weighted by molar-refractivity contribution is 5.85. The van der Waals surface area contributed by atoms with Crippen LogP contribution in [0.1, 0.15) is 18.4 Å². The van der Waals surface area contributed by atoms with Crippen LogP contribution in [0.15, 0.2) is 24.3 Å². The zero-order chi connectivity index (χ0) is 17.6. The number of aromatic nitrogens is 4. The Bertz CT molecular complexity index is 929. The van der Waals surface area contributed by atoms with Crippen molar-refractivity contribution in [2.24, 2.45) is 0 Å². The third-order valence-electron chi connectivity index (χ3n) is 4.78. The SMILES string of the molecule is CCn1c(-c2cccc(C3CN(C)C3)c2)nc2c(N)nc(OC)nc21. The molecule has 2 N–H and O–H groups in total. The van der Waals surface area contributed by atoms with Gasteiger partial charge in [0.25, 0.3) is 0 Å². The van der Waals surface area contributed by atoms with Gasteiger partial charge in [-0.2, -0.15) is 9.97 Å². The molecule has 1 saturated heterocycles. The number of anilines is 1. The van der Waals surface area contributed by atoms with E-state index in [9.17, 15) is 0 Å². The molecule has 1 fully saturated rings. The number of benzene rings is 1. The molecule has 1 aromatic carbocycles. The second-order valence-electron chi connectivity index (χ2n) is 6.49. The van der Waals surface area contributed by atoms with Crippen molar-refractivity contribution in [1.29, 1.82) is 0 Å². The summed E-state index contributed by atoms with van der Waals surface area (Å²) in [5, 5.41) is 0. The first-order chi connectivity index (χ1) is 12.1. The molecule has 3 aromatic rings. The minimum Gasteiger partial charge on any atom is -0.467 e. The molecule has 0 saturated carbocycles. The minimum atomic E-state index is 0.261. The van der Waals surface area contributed by atoms with E-state index in [0.717, 1.165) is 31.0 Å². The number of hydrogen-bond acceptors (Lipinski definition) is 6. The van der Waals surface area contributed by atoms with Gasteiger partial charge < -0.3 is 19.9 Å². The summed E-state index contributed by atoms with van der Waals surface area (Å²) in [6, 6.07) is 8.86. The van der Waals surface area contributed by atoms with Crippen molar-refractivity contribution in [2.45, 2.75) is 19.4 Å². The lowest BCUT2D eigenvalue weighted by atomic mass is 9.91. The van der Waals surface area contributed by atoms with Crippen molar-refractivity contribution in [2.75, 3.05) is 33.0 Å². The molecular formula is C18H22N6O. The van der Waals surface area contributed by atoms with E-state index in [1.165, 1.54) is 12.7 Å². The summed E-state index contributed by atoms with van der Waals surface area (Å²) in [6.07, 6.45) is 0. The molecule has 3 heterocycles. The lowest BCUT2D eigenvalue weighted by molar-refractivity contribution is 0.190. The third-order valence-corrected chi connectivity index (χ3v) is 4.78. The molecule has 0 spiro atoms. The Balaban J connectivity index is 1.84. The van der Waals surface area contributed by atoms with Crippen LogP contribution >= 0.6 is 0 Å². The molecule has 0 bridgehead atoms. The van der Waals surface area contributed by atoms with Crippen molar-refractivity contribution < 1.29 is 4.74 Å². The first-order valence-electron chi connectivity index (χ1n) is 8.47. The van der Waals surface area contributed by atoms with Crippen LogP contribution in [-0.2, 0) is 6.54 Å². The molecule has 0 aliphatic carbocycles. The summed E-state index contributed by atoms with van der Waals surface area (Å²) in [5.41, 5.74) is 9.80. The summed E-state index contributed by atoms with van der Waals surface area (Å²) in [6.45, 7) is 5.01. The number of ether oxygens (including phenoxy) is 1. The Labute approximate surface area is 146 Å². The van der Waals surface area contributed by atoms with Crippen LogP contribution in [0, 0.1) is 0 Å². The highest BCUT2D eigenvalue weighted by Crippen LogP contribution is 2.31. The van der Waals surface area contributed by atoms with Gasteiger partial charge >= 0.3 is 6.01 Å². The van der Waals surface area contributed by atoms with Crippen LogP contribution < -0.4 is 10.5 Å². The predicted molar refractivity (Wildman–Crippen MR) is 97.6 cm³/mol. The summed E-state index contributed by atoms with van der Waals surface area (Å²) in [7, 11) is 3.68. The number of fused-ring (bicyclic) bond motifs is 1. The summed E-state index contributed by atoms with van der Waals surface area (Å²) < 4.78 is 7.21. The van der Waals surface area contributed by atoms with Gasteiger partial charge in [-0.15, -0.1) is 0 Å². The van der Waals surface area contributed by atoms with Gasteiger partial charge in [-0.25, -0.2) is 4.98 Å². The van der Waals surface area contributed by atoms with Crippen molar-refractivity contribution in [3.05, 3.63) is 29.8 Å². The fraction of sp³-hybridized carbons (Fsp3) is 0.389. The van der Waals surface area contributed by atoms with E-state index in [-0.39, 0.29) is 6.01 Å². The fourth-order valence-corrected chi connectivity index (χ4v) is 3.45. The van der Waals surface area contributed by atoms with Crippen molar-refractivity contribution in [3.63, 3.8) is 0 Å². The Morgan fingerprint density at radius 2 is 2.04 bits per heavy atom. The molecule has 0 atom stereocenters. The topological polar surface area (TPSA) is 82.1 Å². The molecule has 4 rings (SSSR count). The van der Waals surface area contributed by atoms with Gasteiger partial charge in [0.05, 0.1) is 7.11 Å². The number of methoxy groups -OCH3 is 1. The molecule has 1 aliphatic heterocycles. The second kappa shape index (κ2) is 6.00. The zero-order valence-electron chi connectivity index (χ0n) is 14.7. The van der Waals surface area contributed by atoms with Crippen LogP contribution in [0.5, 0.6) is 6.01 Å². The van der Waals surface area contributed by atoms with Gasteiger partial charge in [0, 0.05) is 31.1 Å². The number of aryl methyl sites for hydroxylation is 1. The van der Waals surface area contributed by atoms with E-state index in [2.05, 4.69) is 57.7 Å². The summed E-state index contributed by atoms with van der Waals surface area (Å²) >= 11 is 0. The highest BCUT2D eigenvalue weighted by atomic mass is 16.5. The average molecular weight is 338 g/mol. The monoisotopic (exact) mass is 338 g/mol. The van der Waals surface area contributed by atoms with Crippen LogP contribution in [0.4, 0.5) is 5.82 Å². The van der Waals surface area contributed by atoms with Gasteiger partial charge in [-0.1, -0.05) is 18.2 Å². The quantitative estimate of drug-likeness (QED) is 0.785. The maximum atomic E-state index is 6.06. The Morgan fingerprint density at radius 3 is 2.72 bits per heavy atom. The molecule has 130 valence electrons. The smallest absolute Gasteiger partial charge is 0.320 e. The molecule has 0 unspecified atom stereocenters. The van der Waals surface area contributed by atoms with E-state index < -0.39 is 0 Å². The maximum Gasteiger partial charge on any atom is 0.320 e. The van der Waals surface area contributed by atoms with Crippen LogP contribution in [0.3, 0.4) is 0 Å². The van der Waals surface area contributed by atoms with E-state index in [1.807, 2.05) is 0 Å². The van der Waals surface area contributed by atoms with Gasteiger partial charge in [0.2, 0.25) is 0 Å². The zero-order valence-corrected chi connectivity index (χ0v) is 14.7. The maximum absolute atomic E-state index is 6.06. The molecule has 1 aliphatic rings. The number of likely N-dealkylation sites (tertiary alicyclic amines) is 1. The molecule has 25 heavy (non-hydrogen) atoms. The Hall–Kier alpha value is -2.67. The van der Waals surface area contributed by atoms with Gasteiger partial charge in [-0.05, 0) is 25.6 Å². The largest absolute Gasteiger partial charge is 0.467 e. The molecule has 0 amide bonds. The predicted octanol–water partition coefficient (Wildman–Crippen LogP) is 2.13. The standard InChI is InChI=1S/C18H22N6O/c1-4-24-16(20-14-15(19)21-18(25-3)22-17(14)24)12-7-5-6-11(8-12)13-9-23(2)10-13/h5-8,13H,4,9-10H2,1-3H3,(H2,19,21,22). The number of hydrogen-bond donors (Lipinski definition) is 1. The number of rotatable bonds is 4. The lowest BCUT2D eigenvalue weighted by Crippen LogP contribution is -2.41. The minimum absolute atomic E-state index is 0.261. The summed E-state index contributed by atoms with van der Waals surface area (Å²) in [5.74, 6) is 1.79. The number of likely N-dealkylation sites (N-methyl/N-ethyl adjacent to an activating group) is 1. The summed E-state index contributed by atoms with van der Waals surface area (Å²) in [4.78, 5) is 15.6. The lowest BCUT2D eigenvalue weighted by Gasteiger charge is -2.36. The van der Waals surface area contributed by atoms with E-state index in [1.54, 1.807) is 0 Å². The second-order valence-corrected chi connectivity index (χ2v) is 6.49. The average Bonchev–Trinajstić information content (AvgIpc) is 2.98. The third kappa shape index (κ3) is 2.60. The van der Waals surface area contributed by atoms with E-state index in [0.29, 0.717) is 22.9 Å². The van der Waals surface area contributed by atoms with Crippen LogP contribution in [0.2, 0.25) is 0 Å². The molecule has 0 radical (unpaired) electrons. The highest BCUT2D eigenvalue weighted by Gasteiger charge is 2.25. The van der Waals surface area contributed by atoms with Crippen molar-refractivity contribution >= 4 is 17.0 Å².